The summed E-state index contributed by atoms with van der Waals surface area (Å²) in [6, 6.07) is 10.9. The molecule has 0 aliphatic rings. The molecule has 8 heteroatoms. The molecule has 2 aromatic carbocycles. The van der Waals surface area contributed by atoms with E-state index in [9.17, 15) is 13.2 Å². The Morgan fingerprint density at radius 2 is 1.94 bits per heavy atom. The number of urea groups is 1. The lowest BCUT2D eigenvalue weighted by Gasteiger charge is -2.15. The van der Waals surface area contributed by atoms with Crippen LogP contribution in [0.25, 0.3) is 10.9 Å². The van der Waals surface area contributed by atoms with Crippen LogP contribution in [0.2, 0.25) is 0 Å². The second-order valence-corrected chi connectivity index (χ2v) is 9.36. The number of amides is 2. The van der Waals surface area contributed by atoms with Gasteiger partial charge in [-0.3, -0.25) is 4.68 Å². The van der Waals surface area contributed by atoms with E-state index in [2.05, 4.69) is 22.3 Å². The first kappa shape index (κ1) is 22.3. The molecule has 0 saturated heterocycles. The lowest BCUT2D eigenvalue weighted by atomic mass is 10.1. The molecule has 3 aromatic rings. The minimum absolute atomic E-state index is 0.115. The number of hydrogen-bond acceptors (Lipinski definition) is 4. The number of fused-ring (bicyclic) bond motifs is 1. The molecule has 1 atom stereocenters. The Balaban J connectivity index is 1.66. The number of aryl methyl sites for hydroxylation is 1. The topological polar surface area (TPSA) is 93.1 Å². The van der Waals surface area contributed by atoms with Gasteiger partial charge in [0.25, 0.3) is 0 Å². The van der Waals surface area contributed by atoms with Crippen LogP contribution in [0.15, 0.2) is 77.9 Å². The molecule has 0 aliphatic heterocycles. The van der Waals surface area contributed by atoms with Gasteiger partial charge in [-0.2, -0.15) is 5.10 Å². The molecule has 162 valence electrons. The van der Waals surface area contributed by atoms with Gasteiger partial charge in [-0.25, -0.2) is 13.2 Å². The molecular weight excluding hydrogens is 412 g/mol. The van der Waals surface area contributed by atoms with Crippen LogP contribution in [0, 0.1) is 0 Å². The summed E-state index contributed by atoms with van der Waals surface area (Å²) in [6.07, 6.45) is 5.54. The summed E-state index contributed by atoms with van der Waals surface area (Å²) in [5, 5.41) is 10.7. The van der Waals surface area contributed by atoms with Gasteiger partial charge < -0.3 is 10.6 Å². The number of rotatable bonds is 7. The van der Waals surface area contributed by atoms with Gasteiger partial charge in [-0.15, -0.1) is 0 Å². The van der Waals surface area contributed by atoms with Crippen molar-refractivity contribution in [3.8, 4) is 0 Å². The minimum atomic E-state index is -3.53. The zero-order valence-corrected chi connectivity index (χ0v) is 18.6. The standard InChI is InChI=1S/C23H26N4O3S/c1-5-6-16(2)17(3)24-23(28)25-20-8-10-21(11-9-20)31(29,30)15-18-7-12-22-19(13-18)14-27(4)26-22/h5-14,17H,2,15H2,1,3-4H3,(H2,24,25,28)/b6-5-. The molecule has 2 N–H and O–H groups in total. The Bertz CT molecular complexity index is 1240. The molecule has 1 heterocycles. The fourth-order valence-corrected chi connectivity index (χ4v) is 4.49. The van der Waals surface area contributed by atoms with E-state index in [1.807, 2.05) is 51.4 Å². The molecule has 0 saturated carbocycles. The van der Waals surface area contributed by atoms with Gasteiger partial charge in [0.05, 0.1) is 22.2 Å². The van der Waals surface area contributed by atoms with E-state index in [4.69, 9.17) is 0 Å². The van der Waals surface area contributed by atoms with Crippen molar-refractivity contribution in [3.63, 3.8) is 0 Å². The van der Waals surface area contributed by atoms with Gasteiger partial charge in [0.15, 0.2) is 9.84 Å². The molecule has 1 unspecified atom stereocenters. The van der Waals surface area contributed by atoms with Crippen LogP contribution in [-0.4, -0.2) is 30.3 Å². The van der Waals surface area contributed by atoms with Crippen LogP contribution in [-0.2, 0) is 22.6 Å². The Labute approximate surface area is 182 Å². The predicted molar refractivity (Wildman–Crippen MR) is 124 cm³/mol. The molecule has 0 aliphatic carbocycles. The molecule has 3 rings (SSSR count). The summed E-state index contributed by atoms with van der Waals surface area (Å²) in [5.41, 5.74) is 2.79. The number of nitrogens with zero attached hydrogens (tertiary/aromatic N) is 2. The fraction of sp³-hybridized carbons (Fsp3) is 0.217. The summed E-state index contributed by atoms with van der Waals surface area (Å²) >= 11 is 0. The first-order valence-electron chi connectivity index (χ1n) is 9.82. The summed E-state index contributed by atoms with van der Waals surface area (Å²) in [4.78, 5) is 12.3. The van der Waals surface area contributed by atoms with Crippen molar-refractivity contribution in [2.75, 3.05) is 5.32 Å². The van der Waals surface area contributed by atoms with Crippen molar-refractivity contribution >= 4 is 32.5 Å². The van der Waals surface area contributed by atoms with E-state index in [0.29, 0.717) is 11.3 Å². The normalized spacial score (nSPS) is 12.7. The van der Waals surface area contributed by atoms with Crippen LogP contribution in [0.1, 0.15) is 19.4 Å². The third-order valence-corrected chi connectivity index (χ3v) is 6.50. The van der Waals surface area contributed by atoms with Gasteiger partial charge in [0.1, 0.15) is 0 Å². The molecule has 0 bridgehead atoms. The van der Waals surface area contributed by atoms with Crippen LogP contribution < -0.4 is 10.6 Å². The third kappa shape index (κ3) is 5.61. The highest BCUT2D eigenvalue weighted by molar-refractivity contribution is 7.90. The average molecular weight is 439 g/mol. The van der Waals surface area contributed by atoms with Crippen LogP contribution in [0.3, 0.4) is 0 Å². The highest BCUT2D eigenvalue weighted by Gasteiger charge is 2.16. The van der Waals surface area contributed by atoms with E-state index >= 15 is 0 Å². The van der Waals surface area contributed by atoms with E-state index < -0.39 is 15.9 Å². The van der Waals surface area contributed by atoms with Crippen LogP contribution in [0.5, 0.6) is 0 Å². The number of carbonyl (C=O) groups is 1. The smallest absolute Gasteiger partial charge is 0.319 e. The zero-order valence-electron chi connectivity index (χ0n) is 17.8. The zero-order chi connectivity index (χ0) is 22.6. The Morgan fingerprint density at radius 1 is 1.23 bits per heavy atom. The lowest BCUT2D eigenvalue weighted by molar-refractivity contribution is 0.250. The number of carbonyl (C=O) groups excluding carboxylic acids is 1. The van der Waals surface area contributed by atoms with Gasteiger partial charge in [0, 0.05) is 24.3 Å². The molecule has 7 nitrogen and oxygen atoms in total. The Hall–Kier alpha value is -3.39. The van der Waals surface area contributed by atoms with Gasteiger partial charge >= 0.3 is 6.03 Å². The Kier molecular flexibility index (Phi) is 6.60. The number of benzene rings is 2. The highest BCUT2D eigenvalue weighted by Crippen LogP contribution is 2.21. The highest BCUT2D eigenvalue weighted by atomic mass is 32.2. The number of hydrogen-bond donors (Lipinski definition) is 2. The van der Waals surface area contributed by atoms with Gasteiger partial charge in [0.2, 0.25) is 0 Å². The average Bonchev–Trinajstić information content (AvgIpc) is 3.07. The fourth-order valence-electron chi connectivity index (χ4n) is 3.15. The number of aromatic nitrogens is 2. The van der Waals surface area contributed by atoms with E-state index in [1.165, 1.54) is 12.1 Å². The molecular formula is C23H26N4O3S. The van der Waals surface area contributed by atoms with E-state index in [1.54, 1.807) is 22.9 Å². The quantitative estimate of drug-likeness (QED) is 0.541. The van der Waals surface area contributed by atoms with Crippen molar-refractivity contribution in [1.29, 1.82) is 0 Å². The van der Waals surface area contributed by atoms with Gasteiger partial charge in [-0.05, 0) is 61.4 Å². The first-order valence-corrected chi connectivity index (χ1v) is 11.5. The maximum Gasteiger partial charge on any atom is 0.319 e. The molecule has 2 amide bonds. The first-order chi connectivity index (χ1) is 14.7. The SMILES string of the molecule is C=C(/C=C\C)C(C)NC(=O)Nc1ccc(S(=O)(=O)Cc2ccc3nn(C)cc3c2)cc1. The van der Waals surface area contributed by atoms with Gasteiger partial charge in [-0.1, -0.05) is 24.8 Å². The van der Waals surface area contributed by atoms with Crippen molar-refractivity contribution in [3.05, 3.63) is 78.5 Å². The third-order valence-electron chi connectivity index (χ3n) is 4.80. The molecule has 31 heavy (non-hydrogen) atoms. The largest absolute Gasteiger partial charge is 0.331 e. The summed E-state index contributed by atoms with van der Waals surface area (Å²) in [6.45, 7) is 7.61. The predicted octanol–water partition coefficient (Wildman–Crippen LogP) is 4.19. The van der Waals surface area contributed by atoms with Crippen molar-refractivity contribution in [2.45, 2.75) is 30.5 Å². The van der Waals surface area contributed by atoms with E-state index in [0.717, 1.165) is 16.5 Å². The van der Waals surface area contributed by atoms with Crippen molar-refractivity contribution < 1.29 is 13.2 Å². The second-order valence-electron chi connectivity index (χ2n) is 7.37. The molecule has 0 radical (unpaired) electrons. The molecule has 0 spiro atoms. The number of anilines is 1. The van der Waals surface area contributed by atoms with Crippen LogP contribution in [0.4, 0.5) is 10.5 Å². The summed E-state index contributed by atoms with van der Waals surface area (Å²) in [5.74, 6) is -0.115. The van der Waals surface area contributed by atoms with Crippen LogP contribution >= 0.6 is 0 Å². The number of allylic oxidation sites excluding steroid dienone is 1. The van der Waals surface area contributed by atoms with Crippen molar-refractivity contribution in [2.24, 2.45) is 7.05 Å². The molecule has 1 aromatic heterocycles. The van der Waals surface area contributed by atoms with E-state index in [-0.39, 0.29) is 16.7 Å². The number of sulfone groups is 1. The second kappa shape index (κ2) is 9.18. The summed E-state index contributed by atoms with van der Waals surface area (Å²) < 4.78 is 27.3. The minimum Gasteiger partial charge on any atom is -0.331 e. The lowest BCUT2D eigenvalue weighted by Crippen LogP contribution is -2.36. The van der Waals surface area contributed by atoms with Crippen molar-refractivity contribution in [1.82, 2.24) is 15.1 Å². The number of nitrogens with one attached hydrogen (secondary N) is 2. The summed E-state index contributed by atoms with van der Waals surface area (Å²) in [7, 11) is -1.71. The maximum absolute atomic E-state index is 12.8. The molecule has 0 fully saturated rings. The maximum atomic E-state index is 12.8. The Morgan fingerprint density at radius 3 is 2.61 bits per heavy atom. The monoisotopic (exact) mass is 438 g/mol.